The Morgan fingerprint density at radius 1 is 1.53 bits per heavy atom. The third-order valence-electron chi connectivity index (χ3n) is 2.70. The van der Waals surface area contributed by atoms with Gasteiger partial charge in [-0.25, -0.2) is 4.98 Å². The first-order valence-electron chi connectivity index (χ1n) is 5.64. The van der Waals surface area contributed by atoms with Crippen LogP contribution < -0.4 is 5.32 Å². The van der Waals surface area contributed by atoms with Crippen LogP contribution in [-0.2, 0) is 13.5 Å². The van der Waals surface area contributed by atoms with Crippen molar-refractivity contribution in [3.63, 3.8) is 0 Å². The average molecular weight is 314 g/mol. The van der Waals surface area contributed by atoms with Gasteiger partial charge in [-0.3, -0.25) is 0 Å². The molecule has 1 unspecified atom stereocenters. The van der Waals surface area contributed by atoms with Gasteiger partial charge in [0.15, 0.2) is 0 Å². The highest BCUT2D eigenvalue weighted by Gasteiger charge is 2.15. The number of rotatable bonds is 5. The summed E-state index contributed by atoms with van der Waals surface area (Å²) in [5, 5.41) is 3.51. The van der Waals surface area contributed by atoms with E-state index in [9.17, 15) is 0 Å². The molecule has 0 saturated heterocycles. The van der Waals surface area contributed by atoms with Crippen molar-refractivity contribution >= 4 is 27.3 Å². The van der Waals surface area contributed by atoms with E-state index in [0.29, 0.717) is 6.04 Å². The number of nitrogens with zero attached hydrogens (tertiary/aromatic N) is 2. The van der Waals surface area contributed by atoms with Crippen molar-refractivity contribution in [3.8, 4) is 0 Å². The SMILES string of the molecule is CCNC(Cc1ccc(Br)s1)c1cncn1C. The van der Waals surface area contributed by atoms with Gasteiger partial charge in [-0.05, 0) is 34.6 Å². The second kappa shape index (κ2) is 5.80. The number of likely N-dealkylation sites (N-methyl/N-ethyl adjacent to an activating group) is 1. The first-order chi connectivity index (χ1) is 8.20. The Hall–Kier alpha value is -0.650. The summed E-state index contributed by atoms with van der Waals surface area (Å²) in [4.78, 5) is 5.57. The molecule has 0 aliphatic rings. The fourth-order valence-corrected chi connectivity index (χ4v) is 3.42. The lowest BCUT2D eigenvalue weighted by molar-refractivity contribution is 0.524. The van der Waals surface area contributed by atoms with Crippen LogP contribution in [0.1, 0.15) is 23.5 Å². The Morgan fingerprint density at radius 3 is 2.88 bits per heavy atom. The van der Waals surface area contributed by atoms with E-state index < -0.39 is 0 Å². The molecule has 92 valence electrons. The van der Waals surface area contributed by atoms with Crippen LogP contribution in [0.3, 0.4) is 0 Å². The third-order valence-corrected chi connectivity index (χ3v) is 4.34. The average Bonchev–Trinajstić information content (AvgIpc) is 2.87. The summed E-state index contributed by atoms with van der Waals surface area (Å²) in [7, 11) is 2.04. The molecule has 17 heavy (non-hydrogen) atoms. The second-order valence-corrected chi connectivity index (χ2v) is 6.50. The van der Waals surface area contributed by atoms with E-state index in [1.54, 1.807) is 11.3 Å². The Labute approximate surface area is 114 Å². The minimum atomic E-state index is 0.332. The normalized spacial score (nSPS) is 12.9. The molecule has 2 heterocycles. The summed E-state index contributed by atoms with van der Waals surface area (Å²) in [6.45, 7) is 3.09. The number of nitrogens with one attached hydrogen (secondary N) is 1. The van der Waals surface area contributed by atoms with Crippen molar-refractivity contribution in [2.24, 2.45) is 7.05 Å². The number of imidazole rings is 1. The molecule has 0 spiro atoms. The van der Waals surface area contributed by atoms with Gasteiger partial charge in [0.2, 0.25) is 0 Å². The lowest BCUT2D eigenvalue weighted by Crippen LogP contribution is -2.24. The van der Waals surface area contributed by atoms with Gasteiger partial charge in [-0.1, -0.05) is 6.92 Å². The monoisotopic (exact) mass is 313 g/mol. The van der Waals surface area contributed by atoms with Gasteiger partial charge in [0.05, 0.1) is 21.8 Å². The molecule has 3 nitrogen and oxygen atoms in total. The van der Waals surface area contributed by atoms with E-state index in [1.807, 2.05) is 19.6 Å². The largest absolute Gasteiger partial charge is 0.336 e. The standard InChI is InChI=1S/C12H16BrN3S/c1-3-15-10(11-7-14-8-16(11)2)6-9-4-5-12(13)17-9/h4-5,7-8,10,15H,3,6H2,1-2H3. The van der Waals surface area contributed by atoms with E-state index in [4.69, 9.17) is 0 Å². The molecule has 1 atom stereocenters. The zero-order chi connectivity index (χ0) is 12.3. The molecule has 0 bridgehead atoms. The highest BCUT2D eigenvalue weighted by Crippen LogP contribution is 2.26. The number of hydrogen-bond acceptors (Lipinski definition) is 3. The molecule has 1 N–H and O–H groups in total. The fourth-order valence-electron chi connectivity index (χ4n) is 1.89. The van der Waals surface area contributed by atoms with Crippen LogP contribution >= 0.6 is 27.3 Å². The Kier molecular flexibility index (Phi) is 4.36. The molecule has 0 aliphatic carbocycles. The van der Waals surface area contributed by atoms with Crippen molar-refractivity contribution in [2.45, 2.75) is 19.4 Å². The smallest absolute Gasteiger partial charge is 0.0946 e. The quantitative estimate of drug-likeness (QED) is 0.919. The molecule has 2 rings (SSSR count). The lowest BCUT2D eigenvalue weighted by Gasteiger charge is -2.17. The Balaban J connectivity index is 2.15. The summed E-state index contributed by atoms with van der Waals surface area (Å²) in [5.41, 5.74) is 1.23. The van der Waals surface area contributed by atoms with E-state index in [1.165, 1.54) is 14.4 Å². The summed E-state index contributed by atoms with van der Waals surface area (Å²) >= 11 is 5.30. The van der Waals surface area contributed by atoms with Crippen molar-refractivity contribution in [3.05, 3.63) is 39.0 Å². The van der Waals surface area contributed by atoms with Crippen LogP contribution in [0.15, 0.2) is 28.4 Å². The van der Waals surface area contributed by atoms with Crippen molar-refractivity contribution in [1.82, 2.24) is 14.9 Å². The van der Waals surface area contributed by atoms with Gasteiger partial charge in [-0.15, -0.1) is 11.3 Å². The molecule has 2 aromatic rings. The van der Waals surface area contributed by atoms with Gasteiger partial charge in [0.25, 0.3) is 0 Å². The van der Waals surface area contributed by atoms with Gasteiger partial charge < -0.3 is 9.88 Å². The molecule has 0 saturated carbocycles. The fraction of sp³-hybridized carbons (Fsp3) is 0.417. The molecule has 0 aliphatic heterocycles. The summed E-state index contributed by atoms with van der Waals surface area (Å²) < 4.78 is 3.27. The second-order valence-electron chi connectivity index (χ2n) is 3.95. The Bertz CT molecular complexity index is 478. The summed E-state index contributed by atoms with van der Waals surface area (Å²) in [6.07, 6.45) is 4.80. The Morgan fingerprint density at radius 2 is 2.35 bits per heavy atom. The highest BCUT2D eigenvalue weighted by atomic mass is 79.9. The van der Waals surface area contributed by atoms with Crippen LogP contribution in [-0.4, -0.2) is 16.1 Å². The summed E-state index contributed by atoms with van der Waals surface area (Å²) in [5.74, 6) is 0. The van der Waals surface area contributed by atoms with Crippen molar-refractivity contribution in [1.29, 1.82) is 0 Å². The molecule has 2 aromatic heterocycles. The topological polar surface area (TPSA) is 29.9 Å². The van der Waals surface area contributed by atoms with Gasteiger partial charge >= 0.3 is 0 Å². The number of aromatic nitrogens is 2. The van der Waals surface area contributed by atoms with Gasteiger partial charge in [0, 0.05) is 24.5 Å². The molecule has 0 radical (unpaired) electrons. The van der Waals surface area contributed by atoms with Crippen LogP contribution in [0.25, 0.3) is 0 Å². The predicted octanol–water partition coefficient (Wildman–Crippen LogP) is 3.14. The third kappa shape index (κ3) is 3.18. The van der Waals surface area contributed by atoms with Crippen LogP contribution in [0.5, 0.6) is 0 Å². The van der Waals surface area contributed by atoms with Gasteiger partial charge in [-0.2, -0.15) is 0 Å². The first-order valence-corrected chi connectivity index (χ1v) is 7.25. The van der Waals surface area contributed by atoms with Crippen LogP contribution in [0.4, 0.5) is 0 Å². The molecule has 0 fully saturated rings. The molecular formula is C12H16BrN3S. The minimum Gasteiger partial charge on any atom is -0.336 e. The highest BCUT2D eigenvalue weighted by molar-refractivity contribution is 9.11. The minimum absolute atomic E-state index is 0.332. The van der Waals surface area contributed by atoms with Gasteiger partial charge in [0.1, 0.15) is 0 Å². The lowest BCUT2D eigenvalue weighted by atomic mass is 10.1. The summed E-state index contributed by atoms with van der Waals surface area (Å²) in [6, 6.07) is 4.61. The maximum absolute atomic E-state index is 4.19. The number of aryl methyl sites for hydroxylation is 1. The zero-order valence-corrected chi connectivity index (χ0v) is 12.4. The first kappa shape index (κ1) is 12.8. The van der Waals surface area contributed by atoms with E-state index in [2.05, 4.69) is 49.9 Å². The maximum Gasteiger partial charge on any atom is 0.0946 e. The van der Waals surface area contributed by atoms with Crippen molar-refractivity contribution < 1.29 is 0 Å². The van der Waals surface area contributed by atoms with Crippen LogP contribution in [0, 0.1) is 0 Å². The van der Waals surface area contributed by atoms with Crippen molar-refractivity contribution in [2.75, 3.05) is 6.54 Å². The molecular weight excluding hydrogens is 298 g/mol. The van der Waals surface area contributed by atoms with E-state index in [-0.39, 0.29) is 0 Å². The van der Waals surface area contributed by atoms with E-state index >= 15 is 0 Å². The number of thiophene rings is 1. The predicted molar refractivity (Wildman–Crippen MR) is 75.3 cm³/mol. The van der Waals surface area contributed by atoms with Crippen LogP contribution in [0.2, 0.25) is 0 Å². The molecule has 5 heteroatoms. The number of hydrogen-bond donors (Lipinski definition) is 1. The molecule has 0 aromatic carbocycles. The molecule has 0 amide bonds. The maximum atomic E-state index is 4.19. The zero-order valence-electron chi connectivity index (χ0n) is 9.98. The number of halogens is 1. The van der Waals surface area contributed by atoms with E-state index in [0.717, 1.165) is 13.0 Å².